The van der Waals surface area contributed by atoms with Gasteiger partial charge >= 0.3 is 0 Å². The van der Waals surface area contributed by atoms with Gasteiger partial charge < -0.3 is 14.2 Å². The molecular weight excluding hydrogens is 461 g/mol. The Bertz CT molecular complexity index is 1160. The van der Waals surface area contributed by atoms with Gasteiger partial charge in [-0.15, -0.1) is 0 Å². The maximum atomic E-state index is 13.6. The maximum absolute atomic E-state index is 13.6. The lowest BCUT2D eigenvalue weighted by atomic mass is 9.98. The Balaban J connectivity index is 1.10. The number of carbonyl (C=O) groups is 1. The molecule has 1 unspecified atom stereocenters. The van der Waals surface area contributed by atoms with Crippen molar-refractivity contribution in [2.75, 3.05) is 52.9 Å². The second-order valence-electron chi connectivity index (χ2n) is 9.55. The average molecular weight is 494 g/mol. The smallest absolute Gasteiger partial charge is 0.236 e. The first-order valence-corrected chi connectivity index (χ1v) is 12.5. The van der Waals surface area contributed by atoms with Crippen LogP contribution in [0, 0.1) is 5.82 Å². The van der Waals surface area contributed by atoms with Gasteiger partial charge in [-0.25, -0.2) is 4.39 Å². The van der Waals surface area contributed by atoms with Crippen molar-refractivity contribution in [1.29, 1.82) is 0 Å². The van der Waals surface area contributed by atoms with Crippen LogP contribution in [0.25, 0.3) is 11.4 Å². The number of methoxy groups -OCH3 is 1. The minimum atomic E-state index is -0.331. The van der Waals surface area contributed by atoms with Crippen LogP contribution in [-0.2, 0) is 11.3 Å². The highest BCUT2D eigenvalue weighted by Crippen LogP contribution is 2.28. The minimum absolute atomic E-state index is 0.0719. The van der Waals surface area contributed by atoms with Crippen molar-refractivity contribution < 1.29 is 18.4 Å². The fourth-order valence-corrected chi connectivity index (χ4v) is 4.98. The van der Waals surface area contributed by atoms with E-state index in [2.05, 4.69) is 32.1 Å². The monoisotopic (exact) mass is 493 g/mol. The van der Waals surface area contributed by atoms with Crippen LogP contribution < -0.4 is 4.74 Å². The number of amides is 1. The Morgan fingerprint density at radius 1 is 1.08 bits per heavy atom. The zero-order valence-corrected chi connectivity index (χ0v) is 20.6. The number of nitrogens with zero attached hydrogens (tertiary/aromatic N) is 5. The van der Waals surface area contributed by atoms with Gasteiger partial charge in [0, 0.05) is 44.8 Å². The molecule has 0 radical (unpaired) electrons. The summed E-state index contributed by atoms with van der Waals surface area (Å²) in [5.41, 5.74) is 1.84. The summed E-state index contributed by atoms with van der Waals surface area (Å²) in [6, 6.07) is 14.3. The number of halogens is 1. The maximum Gasteiger partial charge on any atom is 0.236 e. The van der Waals surface area contributed by atoms with Crippen molar-refractivity contribution in [3.8, 4) is 17.1 Å². The van der Waals surface area contributed by atoms with Crippen LogP contribution in [0.4, 0.5) is 4.39 Å². The van der Waals surface area contributed by atoms with Crippen molar-refractivity contribution in [1.82, 2.24) is 24.8 Å². The van der Waals surface area contributed by atoms with Gasteiger partial charge in [0.15, 0.2) is 0 Å². The highest BCUT2D eigenvalue weighted by Gasteiger charge is 2.29. The number of rotatable bonds is 7. The van der Waals surface area contributed by atoms with Gasteiger partial charge in [0.2, 0.25) is 17.6 Å². The standard InChI is InChI=1S/C27H32FN5O3/c1-35-24-9-7-20(8-10-24)17-31-12-14-33(15-13-31)25(34)19-32-11-3-5-22(18-32)27-29-26(30-36-27)21-4-2-6-23(28)16-21/h2,4,6-10,16,22H,3,5,11-15,17-19H2,1H3. The van der Waals surface area contributed by atoms with Crippen molar-refractivity contribution >= 4 is 5.91 Å². The molecule has 2 aliphatic heterocycles. The van der Waals surface area contributed by atoms with E-state index in [1.807, 2.05) is 17.0 Å². The normalized spacial score (nSPS) is 19.4. The van der Waals surface area contributed by atoms with Crippen LogP contribution in [0.1, 0.15) is 30.2 Å². The molecule has 0 N–H and O–H groups in total. The quantitative estimate of drug-likeness (QED) is 0.499. The van der Waals surface area contributed by atoms with E-state index in [-0.39, 0.29) is 17.6 Å². The second kappa shape index (κ2) is 11.2. The molecule has 5 rings (SSSR count). The lowest BCUT2D eigenvalue weighted by Crippen LogP contribution is -2.51. The van der Waals surface area contributed by atoms with E-state index in [9.17, 15) is 9.18 Å². The highest BCUT2D eigenvalue weighted by atomic mass is 19.1. The molecule has 190 valence electrons. The summed E-state index contributed by atoms with van der Waals surface area (Å²) in [4.78, 5) is 24.1. The minimum Gasteiger partial charge on any atom is -0.497 e. The molecule has 0 spiro atoms. The molecule has 9 heteroatoms. The Labute approximate surface area is 210 Å². The van der Waals surface area contributed by atoms with E-state index in [0.717, 1.165) is 57.9 Å². The topological polar surface area (TPSA) is 74.9 Å². The molecule has 2 aliphatic rings. The largest absolute Gasteiger partial charge is 0.497 e. The number of hydrogen-bond donors (Lipinski definition) is 0. The van der Waals surface area contributed by atoms with Crippen molar-refractivity contribution in [2.24, 2.45) is 0 Å². The predicted octanol–water partition coefficient (Wildman–Crippen LogP) is 3.41. The van der Waals surface area contributed by atoms with Gasteiger partial charge in [-0.3, -0.25) is 14.6 Å². The van der Waals surface area contributed by atoms with E-state index in [1.165, 1.54) is 17.7 Å². The molecule has 8 nitrogen and oxygen atoms in total. The fourth-order valence-electron chi connectivity index (χ4n) is 4.98. The molecule has 1 aromatic heterocycles. The van der Waals surface area contributed by atoms with Crippen LogP contribution in [0.2, 0.25) is 0 Å². The molecular formula is C27H32FN5O3. The third kappa shape index (κ3) is 5.91. The molecule has 1 atom stereocenters. The first-order valence-electron chi connectivity index (χ1n) is 12.5. The number of aromatic nitrogens is 2. The Morgan fingerprint density at radius 2 is 1.89 bits per heavy atom. The zero-order chi connectivity index (χ0) is 24.9. The number of likely N-dealkylation sites (tertiary alicyclic amines) is 1. The average Bonchev–Trinajstić information content (AvgIpc) is 3.40. The summed E-state index contributed by atoms with van der Waals surface area (Å²) in [7, 11) is 1.67. The number of piperazine rings is 1. The Kier molecular flexibility index (Phi) is 7.58. The van der Waals surface area contributed by atoms with E-state index in [0.29, 0.717) is 30.4 Å². The van der Waals surface area contributed by atoms with Crippen molar-refractivity contribution in [3.05, 3.63) is 65.8 Å². The number of hydrogen-bond acceptors (Lipinski definition) is 7. The first-order chi connectivity index (χ1) is 17.6. The molecule has 2 saturated heterocycles. The van der Waals surface area contributed by atoms with Gasteiger partial charge in [0.1, 0.15) is 11.6 Å². The Morgan fingerprint density at radius 3 is 2.64 bits per heavy atom. The number of ether oxygens (including phenoxy) is 1. The summed E-state index contributed by atoms with van der Waals surface area (Å²) >= 11 is 0. The van der Waals surface area contributed by atoms with Crippen molar-refractivity contribution in [3.63, 3.8) is 0 Å². The van der Waals surface area contributed by atoms with Gasteiger partial charge in [0.25, 0.3) is 0 Å². The van der Waals surface area contributed by atoms with E-state index in [4.69, 9.17) is 9.26 Å². The highest BCUT2D eigenvalue weighted by molar-refractivity contribution is 5.78. The molecule has 36 heavy (non-hydrogen) atoms. The lowest BCUT2D eigenvalue weighted by molar-refractivity contribution is -0.134. The molecule has 1 amide bonds. The molecule has 0 aliphatic carbocycles. The molecule has 2 aromatic carbocycles. The van der Waals surface area contributed by atoms with Gasteiger partial charge in [0.05, 0.1) is 19.6 Å². The van der Waals surface area contributed by atoms with Crippen molar-refractivity contribution in [2.45, 2.75) is 25.3 Å². The Hall–Kier alpha value is -3.30. The summed E-state index contributed by atoms with van der Waals surface area (Å²) in [6.07, 6.45) is 1.89. The van der Waals surface area contributed by atoms with Gasteiger partial charge in [-0.1, -0.05) is 29.4 Å². The van der Waals surface area contributed by atoms with Crippen LogP contribution >= 0.6 is 0 Å². The zero-order valence-electron chi connectivity index (χ0n) is 20.6. The van der Waals surface area contributed by atoms with Crippen LogP contribution in [-0.4, -0.2) is 83.7 Å². The molecule has 3 heterocycles. The van der Waals surface area contributed by atoms with E-state index in [1.54, 1.807) is 19.2 Å². The number of benzene rings is 2. The van der Waals surface area contributed by atoms with Crippen LogP contribution in [0.3, 0.4) is 0 Å². The second-order valence-corrected chi connectivity index (χ2v) is 9.55. The molecule has 3 aromatic rings. The third-order valence-corrected chi connectivity index (χ3v) is 7.03. The van der Waals surface area contributed by atoms with Gasteiger partial charge in [-0.05, 0) is 49.2 Å². The van der Waals surface area contributed by atoms with E-state index >= 15 is 0 Å². The summed E-state index contributed by atoms with van der Waals surface area (Å²) in [5.74, 6) is 1.72. The fraction of sp³-hybridized carbons (Fsp3) is 0.444. The lowest BCUT2D eigenvalue weighted by Gasteiger charge is -2.37. The van der Waals surface area contributed by atoms with Crippen LogP contribution in [0.5, 0.6) is 5.75 Å². The molecule has 0 saturated carbocycles. The third-order valence-electron chi connectivity index (χ3n) is 7.03. The first kappa shape index (κ1) is 24.4. The van der Waals surface area contributed by atoms with Crippen LogP contribution in [0.15, 0.2) is 53.1 Å². The number of piperidine rings is 1. The molecule has 2 fully saturated rings. The summed E-state index contributed by atoms with van der Waals surface area (Å²) < 4.78 is 24.3. The summed E-state index contributed by atoms with van der Waals surface area (Å²) in [6.45, 7) is 6.08. The number of carbonyl (C=O) groups excluding carboxylic acids is 1. The van der Waals surface area contributed by atoms with E-state index < -0.39 is 0 Å². The SMILES string of the molecule is COc1ccc(CN2CCN(C(=O)CN3CCCC(c4nc(-c5cccc(F)c5)no4)C3)CC2)cc1. The summed E-state index contributed by atoms with van der Waals surface area (Å²) in [5, 5.41) is 4.05. The molecule has 0 bridgehead atoms. The van der Waals surface area contributed by atoms with Gasteiger partial charge in [-0.2, -0.15) is 4.98 Å². The predicted molar refractivity (Wildman–Crippen MR) is 133 cm³/mol.